The van der Waals surface area contributed by atoms with Crippen LogP contribution in [-0.2, 0) is 11.3 Å². The minimum atomic E-state index is -0.169. The molecule has 1 heterocycles. The molecule has 1 aromatic carbocycles. The van der Waals surface area contributed by atoms with Crippen LogP contribution in [0.3, 0.4) is 0 Å². The van der Waals surface area contributed by atoms with Crippen LogP contribution in [0.4, 0.5) is 0 Å². The summed E-state index contributed by atoms with van der Waals surface area (Å²) < 4.78 is 0. The van der Waals surface area contributed by atoms with Gasteiger partial charge in [-0.3, -0.25) is 9.78 Å². The molecule has 1 atom stereocenters. The topological polar surface area (TPSA) is 54.0 Å². The van der Waals surface area contributed by atoms with Gasteiger partial charge in [0.05, 0.1) is 11.6 Å². The number of aryl methyl sites for hydroxylation is 1. The molecule has 110 valence electrons. The number of carbonyl (C=O) groups excluding carboxylic acids is 1. The highest BCUT2D eigenvalue weighted by Gasteiger charge is 2.25. The van der Waals surface area contributed by atoms with Crippen molar-refractivity contribution in [3.05, 3.63) is 41.6 Å². The number of pyridine rings is 1. The van der Waals surface area contributed by atoms with E-state index in [-0.39, 0.29) is 11.9 Å². The summed E-state index contributed by atoms with van der Waals surface area (Å²) in [6.07, 6.45) is 2.24. The molecule has 2 aromatic rings. The van der Waals surface area contributed by atoms with Crippen LogP contribution in [0.25, 0.3) is 10.9 Å². The Bertz CT molecular complexity index is 664. The lowest BCUT2D eigenvalue weighted by molar-refractivity contribution is -0.122. The maximum atomic E-state index is 11.9. The molecule has 4 heteroatoms. The molecule has 0 radical (unpaired) electrons. The Labute approximate surface area is 125 Å². The van der Waals surface area contributed by atoms with Crippen LogP contribution in [0.2, 0.25) is 0 Å². The van der Waals surface area contributed by atoms with Crippen molar-refractivity contribution in [3.63, 3.8) is 0 Å². The van der Waals surface area contributed by atoms with Gasteiger partial charge >= 0.3 is 0 Å². The molecule has 4 nitrogen and oxygen atoms in total. The molecule has 3 rings (SSSR count). The van der Waals surface area contributed by atoms with Gasteiger partial charge in [0, 0.05) is 23.7 Å². The average Bonchev–Trinajstić information content (AvgIpc) is 3.28. The molecule has 1 fully saturated rings. The van der Waals surface area contributed by atoms with Gasteiger partial charge in [0.1, 0.15) is 0 Å². The minimum absolute atomic E-state index is 0.0931. The standard InChI is InChI=1S/C17H21N3O/c1-11-3-5-14-9-13(4-8-16(14)19-11)10-18-12(2)17(21)20-15-6-7-15/h3-5,8-9,12,15,18H,6-7,10H2,1-2H3,(H,20,21). The lowest BCUT2D eigenvalue weighted by Crippen LogP contribution is -2.42. The quantitative estimate of drug-likeness (QED) is 0.885. The van der Waals surface area contributed by atoms with Crippen molar-refractivity contribution in [3.8, 4) is 0 Å². The third kappa shape index (κ3) is 3.58. The Morgan fingerprint density at radius 2 is 2.14 bits per heavy atom. The Hall–Kier alpha value is -1.94. The van der Waals surface area contributed by atoms with Gasteiger partial charge in [-0.05, 0) is 50.5 Å². The van der Waals surface area contributed by atoms with E-state index in [0.29, 0.717) is 12.6 Å². The van der Waals surface area contributed by atoms with E-state index >= 15 is 0 Å². The number of hydrogen-bond acceptors (Lipinski definition) is 3. The van der Waals surface area contributed by atoms with Crippen molar-refractivity contribution in [2.24, 2.45) is 0 Å². The monoisotopic (exact) mass is 283 g/mol. The van der Waals surface area contributed by atoms with Crippen molar-refractivity contribution in [1.29, 1.82) is 0 Å². The molecule has 21 heavy (non-hydrogen) atoms. The summed E-state index contributed by atoms with van der Waals surface area (Å²) in [5.41, 5.74) is 3.20. The molecule has 1 unspecified atom stereocenters. The second-order valence-electron chi connectivity index (χ2n) is 5.87. The van der Waals surface area contributed by atoms with Crippen molar-refractivity contribution in [1.82, 2.24) is 15.6 Å². The Morgan fingerprint density at radius 1 is 1.33 bits per heavy atom. The molecule has 1 aromatic heterocycles. The number of carbonyl (C=O) groups is 1. The van der Waals surface area contributed by atoms with Crippen molar-refractivity contribution in [2.45, 2.75) is 45.3 Å². The molecule has 1 amide bonds. The van der Waals surface area contributed by atoms with Gasteiger partial charge in [-0.1, -0.05) is 12.1 Å². The summed E-state index contributed by atoms with van der Waals surface area (Å²) in [6, 6.07) is 10.6. The molecule has 0 saturated heterocycles. The molecule has 1 aliphatic rings. The van der Waals surface area contributed by atoms with Gasteiger partial charge in [-0.15, -0.1) is 0 Å². The molecule has 1 aliphatic carbocycles. The smallest absolute Gasteiger partial charge is 0.237 e. The highest BCUT2D eigenvalue weighted by Crippen LogP contribution is 2.18. The molecule has 0 aliphatic heterocycles. The molecular formula is C17H21N3O. The molecule has 2 N–H and O–H groups in total. The van der Waals surface area contributed by atoms with E-state index in [1.807, 2.05) is 26.0 Å². The first kappa shape index (κ1) is 14.0. The van der Waals surface area contributed by atoms with Crippen LogP contribution in [0.1, 0.15) is 31.0 Å². The predicted molar refractivity (Wildman–Crippen MR) is 83.9 cm³/mol. The molecule has 0 bridgehead atoms. The van der Waals surface area contributed by atoms with E-state index < -0.39 is 0 Å². The summed E-state index contributed by atoms with van der Waals surface area (Å²) >= 11 is 0. The van der Waals surface area contributed by atoms with Crippen LogP contribution in [0, 0.1) is 6.92 Å². The summed E-state index contributed by atoms with van der Waals surface area (Å²) in [5.74, 6) is 0.0931. The molecule has 0 spiro atoms. The van der Waals surface area contributed by atoms with Gasteiger partial charge in [0.2, 0.25) is 5.91 Å². The minimum Gasteiger partial charge on any atom is -0.352 e. The average molecular weight is 283 g/mol. The van der Waals surface area contributed by atoms with Gasteiger partial charge in [-0.25, -0.2) is 0 Å². The van der Waals surface area contributed by atoms with Crippen LogP contribution in [0.15, 0.2) is 30.3 Å². The number of aromatic nitrogens is 1. The maximum absolute atomic E-state index is 11.9. The van der Waals surface area contributed by atoms with Gasteiger partial charge in [0.25, 0.3) is 0 Å². The fourth-order valence-electron chi connectivity index (χ4n) is 2.30. The number of nitrogens with zero attached hydrogens (tertiary/aromatic N) is 1. The van der Waals surface area contributed by atoms with Crippen LogP contribution in [-0.4, -0.2) is 23.0 Å². The zero-order valence-corrected chi connectivity index (χ0v) is 12.5. The summed E-state index contributed by atoms with van der Waals surface area (Å²) in [5, 5.41) is 7.42. The van der Waals surface area contributed by atoms with Crippen LogP contribution < -0.4 is 10.6 Å². The van der Waals surface area contributed by atoms with E-state index in [1.165, 1.54) is 5.56 Å². The zero-order valence-electron chi connectivity index (χ0n) is 12.5. The largest absolute Gasteiger partial charge is 0.352 e. The highest BCUT2D eigenvalue weighted by atomic mass is 16.2. The number of rotatable bonds is 5. The van der Waals surface area contributed by atoms with Crippen LogP contribution in [0.5, 0.6) is 0 Å². The van der Waals surface area contributed by atoms with Gasteiger partial charge in [-0.2, -0.15) is 0 Å². The highest BCUT2D eigenvalue weighted by molar-refractivity contribution is 5.82. The van der Waals surface area contributed by atoms with E-state index in [4.69, 9.17) is 0 Å². The van der Waals surface area contributed by atoms with E-state index in [0.717, 1.165) is 29.4 Å². The van der Waals surface area contributed by atoms with Crippen LogP contribution >= 0.6 is 0 Å². The van der Waals surface area contributed by atoms with Crippen molar-refractivity contribution >= 4 is 16.8 Å². The normalized spacial score (nSPS) is 15.9. The lowest BCUT2D eigenvalue weighted by Gasteiger charge is -2.14. The lowest BCUT2D eigenvalue weighted by atomic mass is 10.1. The second-order valence-corrected chi connectivity index (χ2v) is 5.87. The fourth-order valence-corrected chi connectivity index (χ4v) is 2.30. The molecular weight excluding hydrogens is 262 g/mol. The Kier molecular flexibility index (Phi) is 3.88. The maximum Gasteiger partial charge on any atom is 0.237 e. The number of benzene rings is 1. The van der Waals surface area contributed by atoms with E-state index in [1.54, 1.807) is 0 Å². The summed E-state index contributed by atoms with van der Waals surface area (Å²) in [6.45, 7) is 4.59. The molecule has 1 saturated carbocycles. The Morgan fingerprint density at radius 3 is 2.90 bits per heavy atom. The Balaban J connectivity index is 1.61. The summed E-state index contributed by atoms with van der Waals surface area (Å²) in [7, 11) is 0. The third-order valence-electron chi connectivity index (χ3n) is 3.82. The predicted octanol–water partition coefficient (Wildman–Crippen LogP) is 2.30. The number of fused-ring (bicyclic) bond motifs is 1. The zero-order chi connectivity index (χ0) is 14.8. The van der Waals surface area contributed by atoms with Crippen molar-refractivity contribution in [2.75, 3.05) is 0 Å². The number of amides is 1. The van der Waals surface area contributed by atoms with E-state index in [2.05, 4.69) is 33.8 Å². The third-order valence-corrected chi connectivity index (χ3v) is 3.82. The first-order valence-corrected chi connectivity index (χ1v) is 7.52. The number of hydrogen-bond donors (Lipinski definition) is 2. The SMILES string of the molecule is Cc1ccc2cc(CNC(C)C(=O)NC3CC3)ccc2n1. The first-order chi connectivity index (χ1) is 10.1. The fraction of sp³-hybridized carbons (Fsp3) is 0.412. The van der Waals surface area contributed by atoms with Gasteiger partial charge < -0.3 is 10.6 Å². The number of nitrogens with one attached hydrogen (secondary N) is 2. The summed E-state index contributed by atoms with van der Waals surface area (Å²) in [4.78, 5) is 16.4. The van der Waals surface area contributed by atoms with Gasteiger partial charge in [0.15, 0.2) is 0 Å². The van der Waals surface area contributed by atoms with Crippen molar-refractivity contribution < 1.29 is 4.79 Å². The van der Waals surface area contributed by atoms with E-state index in [9.17, 15) is 4.79 Å². The first-order valence-electron chi connectivity index (χ1n) is 7.52. The second kappa shape index (κ2) is 5.82.